The van der Waals surface area contributed by atoms with Crippen molar-refractivity contribution in [3.8, 4) is 0 Å². The van der Waals surface area contributed by atoms with Gasteiger partial charge in [0.05, 0.1) is 0 Å². The third kappa shape index (κ3) is 1.05. The van der Waals surface area contributed by atoms with Crippen LogP contribution in [0.4, 0.5) is 0 Å². The van der Waals surface area contributed by atoms with Crippen molar-refractivity contribution < 1.29 is 0 Å². The fourth-order valence-electron chi connectivity index (χ4n) is 1.24. The van der Waals surface area contributed by atoms with Crippen LogP contribution in [0.15, 0.2) is 46.8 Å². The third-order valence-electron chi connectivity index (χ3n) is 2.03. The largest absolute Gasteiger partial charge is 0.174 e. The zero-order chi connectivity index (χ0) is 8.44. The predicted octanol–water partition coefficient (Wildman–Crippen LogP) is 2.68. The molecule has 0 fully saturated rings. The Hall–Kier alpha value is -1.44. The fourth-order valence-corrected chi connectivity index (χ4v) is 1.24. The minimum atomic E-state index is -0.255. The van der Waals surface area contributed by atoms with E-state index in [0.29, 0.717) is 0 Å². The first-order valence-corrected chi connectivity index (χ1v) is 3.88. The molecule has 0 saturated carbocycles. The molecule has 2 nitrogen and oxygen atoms in total. The van der Waals surface area contributed by atoms with Crippen molar-refractivity contribution in [2.75, 3.05) is 0 Å². The van der Waals surface area contributed by atoms with E-state index in [4.69, 9.17) is 0 Å². The van der Waals surface area contributed by atoms with Crippen molar-refractivity contribution in [3.63, 3.8) is 0 Å². The first-order chi connectivity index (χ1) is 5.81. The van der Waals surface area contributed by atoms with Crippen LogP contribution in [0.3, 0.4) is 0 Å². The summed E-state index contributed by atoms with van der Waals surface area (Å²) in [6.45, 7) is 2.04. The molecule has 2 rings (SSSR count). The van der Waals surface area contributed by atoms with E-state index in [2.05, 4.69) is 16.3 Å². The molecule has 1 heterocycles. The van der Waals surface area contributed by atoms with Crippen molar-refractivity contribution in [1.82, 2.24) is 0 Å². The molecule has 0 aliphatic carbocycles. The van der Waals surface area contributed by atoms with Crippen LogP contribution in [-0.2, 0) is 5.54 Å². The summed E-state index contributed by atoms with van der Waals surface area (Å²) in [5.74, 6) is 0. The van der Waals surface area contributed by atoms with Crippen LogP contribution in [0.25, 0.3) is 0 Å². The predicted molar refractivity (Wildman–Crippen MR) is 46.6 cm³/mol. The van der Waals surface area contributed by atoms with E-state index in [-0.39, 0.29) is 5.54 Å². The van der Waals surface area contributed by atoms with Crippen molar-refractivity contribution in [2.24, 2.45) is 10.2 Å². The van der Waals surface area contributed by atoms with Gasteiger partial charge in [-0.05, 0) is 24.6 Å². The molecule has 0 aromatic heterocycles. The lowest BCUT2D eigenvalue weighted by Gasteiger charge is -2.15. The average molecular weight is 157 g/mol. The average Bonchev–Trinajstić information content (AvgIpc) is 2.55. The van der Waals surface area contributed by atoms with Gasteiger partial charge < -0.3 is 0 Å². The lowest BCUT2D eigenvalue weighted by Crippen LogP contribution is -2.12. The summed E-state index contributed by atoms with van der Waals surface area (Å²) in [7, 11) is 0. The zero-order valence-corrected chi connectivity index (χ0v) is 6.86. The summed E-state index contributed by atoms with van der Waals surface area (Å²) in [6, 6.07) is 10.8. The van der Waals surface area contributed by atoms with Gasteiger partial charge in [-0.2, -0.15) is 10.2 Å². The molecule has 1 aromatic carbocycles. The van der Waals surface area contributed by atoms with Gasteiger partial charge in [0.2, 0.25) is 0 Å². The Kier molecular flexibility index (Phi) is 1.54. The van der Waals surface area contributed by atoms with Gasteiger partial charge in [0.25, 0.3) is 0 Å². The van der Waals surface area contributed by atoms with E-state index in [0.717, 1.165) is 5.56 Å². The van der Waals surface area contributed by atoms with Crippen molar-refractivity contribution in [3.05, 3.63) is 48.2 Å². The number of benzene rings is 1. The van der Waals surface area contributed by atoms with E-state index in [1.165, 1.54) is 0 Å². The van der Waals surface area contributed by atoms with Crippen LogP contribution >= 0.6 is 0 Å². The second kappa shape index (κ2) is 2.55. The van der Waals surface area contributed by atoms with E-state index in [1.807, 2.05) is 37.3 Å². The van der Waals surface area contributed by atoms with Gasteiger partial charge in [-0.1, -0.05) is 24.3 Å². The monoisotopic (exact) mass is 157 g/mol. The number of azo groups is 1. The summed E-state index contributed by atoms with van der Waals surface area (Å²) in [5.41, 5.74) is 0.897. The standard InChI is InChI=1S/C10H9N2/c1-10(7-8-11-12-10)9-5-3-2-4-6-9/h3-8H,1H3. The van der Waals surface area contributed by atoms with Gasteiger partial charge >= 0.3 is 0 Å². The smallest absolute Gasteiger partial charge is 0.124 e. The number of nitrogens with zero attached hydrogens (tertiary/aromatic N) is 2. The van der Waals surface area contributed by atoms with Crippen LogP contribution in [0.1, 0.15) is 12.5 Å². The summed E-state index contributed by atoms with van der Waals surface area (Å²) < 4.78 is 0. The second-order valence-corrected chi connectivity index (χ2v) is 2.97. The molecule has 2 heteroatoms. The number of hydrogen-bond acceptors (Lipinski definition) is 2. The number of rotatable bonds is 1. The summed E-state index contributed by atoms with van der Waals surface area (Å²) in [5, 5.41) is 7.99. The molecular weight excluding hydrogens is 148 g/mol. The Morgan fingerprint density at radius 1 is 1.33 bits per heavy atom. The Morgan fingerprint density at radius 3 is 2.67 bits per heavy atom. The molecule has 1 radical (unpaired) electrons. The zero-order valence-electron chi connectivity index (χ0n) is 6.86. The highest BCUT2D eigenvalue weighted by Gasteiger charge is 2.24. The molecular formula is C10H9N2. The summed E-state index contributed by atoms with van der Waals surface area (Å²) in [4.78, 5) is 0. The van der Waals surface area contributed by atoms with Crippen molar-refractivity contribution in [2.45, 2.75) is 12.5 Å². The third-order valence-corrected chi connectivity index (χ3v) is 2.03. The highest BCUT2D eigenvalue weighted by molar-refractivity contribution is 5.29. The fraction of sp³-hybridized carbons (Fsp3) is 0.200. The van der Waals surface area contributed by atoms with Crippen LogP contribution in [-0.4, -0.2) is 0 Å². The lowest BCUT2D eigenvalue weighted by molar-refractivity contribution is 0.621. The Labute approximate surface area is 71.6 Å². The maximum absolute atomic E-state index is 4.14. The molecule has 0 amide bonds. The highest BCUT2D eigenvalue weighted by Crippen LogP contribution is 2.30. The molecule has 1 aliphatic heterocycles. The van der Waals surface area contributed by atoms with Gasteiger partial charge in [0.1, 0.15) is 5.54 Å². The van der Waals surface area contributed by atoms with Crippen molar-refractivity contribution >= 4 is 0 Å². The Bertz CT molecular complexity index is 313. The SMILES string of the molecule is CC1(c2cc[c]cc2)C=CN=N1. The number of hydrogen-bond donors (Lipinski definition) is 0. The molecule has 1 atom stereocenters. The maximum atomic E-state index is 4.14. The van der Waals surface area contributed by atoms with E-state index in [1.54, 1.807) is 6.20 Å². The van der Waals surface area contributed by atoms with Crippen LogP contribution < -0.4 is 0 Å². The molecule has 0 spiro atoms. The maximum Gasteiger partial charge on any atom is 0.124 e. The molecule has 0 saturated heterocycles. The van der Waals surface area contributed by atoms with Gasteiger partial charge in [0.15, 0.2) is 0 Å². The van der Waals surface area contributed by atoms with Gasteiger partial charge in [-0.25, -0.2) is 0 Å². The second-order valence-electron chi connectivity index (χ2n) is 2.97. The topological polar surface area (TPSA) is 24.7 Å². The minimum absolute atomic E-state index is 0.255. The molecule has 1 unspecified atom stereocenters. The summed E-state index contributed by atoms with van der Waals surface area (Å²) >= 11 is 0. The van der Waals surface area contributed by atoms with Crippen LogP contribution in [0.5, 0.6) is 0 Å². The van der Waals surface area contributed by atoms with Gasteiger partial charge in [0, 0.05) is 6.20 Å². The normalized spacial score (nSPS) is 26.4. The van der Waals surface area contributed by atoms with Gasteiger partial charge in [-0.15, -0.1) is 0 Å². The summed E-state index contributed by atoms with van der Waals surface area (Å²) in [6.07, 6.45) is 3.72. The molecule has 12 heavy (non-hydrogen) atoms. The Morgan fingerprint density at radius 2 is 2.08 bits per heavy atom. The highest BCUT2D eigenvalue weighted by atomic mass is 15.2. The molecule has 59 valence electrons. The first-order valence-electron chi connectivity index (χ1n) is 3.88. The van der Waals surface area contributed by atoms with Gasteiger partial charge in [-0.3, -0.25) is 0 Å². The quantitative estimate of drug-likeness (QED) is 0.598. The molecule has 1 aliphatic rings. The molecule has 0 bridgehead atoms. The van der Waals surface area contributed by atoms with Crippen molar-refractivity contribution in [1.29, 1.82) is 0 Å². The van der Waals surface area contributed by atoms with E-state index >= 15 is 0 Å². The van der Waals surface area contributed by atoms with Crippen LogP contribution in [0.2, 0.25) is 0 Å². The van der Waals surface area contributed by atoms with E-state index < -0.39 is 0 Å². The molecule has 0 N–H and O–H groups in total. The first kappa shape index (κ1) is 7.22. The minimum Gasteiger partial charge on any atom is -0.174 e. The Balaban J connectivity index is 2.43. The molecule has 1 aromatic rings. The van der Waals surface area contributed by atoms with Crippen LogP contribution in [0, 0.1) is 6.07 Å². The lowest BCUT2D eigenvalue weighted by atomic mass is 9.94. The van der Waals surface area contributed by atoms with E-state index in [9.17, 15) is 0 Å².